The molecule has 17 nitrogen and oxygen atoms in total. The highest BCUT2D eigenvalue weighted by Crippen LogP contribution is 2.42. The maximum absolute atomic E-state index is 13.2. The number of carbonyl (C=O) groups excluding carboxylic acids is 2. The van der Waals surface area contributed by atoms with Crippen molar-refractivity contribution < 1.29 is 76.4 Å². The van der Waals surface area contributed by atoms with Crippen LogP contribution in [-0.2, 0) is 36.9 Å². The van der Waals surface area contributed by atoms with Gasteiger partial charge in [0.25, 0.3) is 0 Å². The van der Waals surface area contributed by atoms with Crippen LogP contribution in [-0.4, -0.2) is 58.2 Å². The summed E-state index contributed by atoms with van der Waals surface area (Å²) < 4.78 is 112. The molecule has 266 valence electrons. The van der Waals surface area contributed by atoms with Gasteiger partial charge >= 0.3 is 32.7 Å². The summed E-state index contributed by atoms with van der Waals surface area (Å²) in [5.74, 6) is -2.34. The van der Waals surface area contributed by atoms with Gasteiger partial charge in [0.2, 0.25) is 0 Å². The van der Waals surface area contributed by atoms with E-state index in [0.717, 1.165) is 12.1 Å². The van der Waals surface area contributed by atoms with Gasteiger partial charge in [0.15, 0.2) is 28.8 Å². The van der Waals surface area contributed by atoms with E-state index in [2.05, 4.69) is 8.37 Å². The first kappa shape index (κ1) is 35.8. The lowest BCUT2D eigenvalue weighted by atomic mass is 10.1. The lowest BCUT2D eigenvalue weighted by molar-refractivity contribution is 0.0514. The van der Waals surface area contributed by atoms with Crippen LogP contribution in [0.5, 0.6) is 34.5 Å². The van der Waals surface area contributed by atoms with E-state index in [0.29, 0.717) is 0 Å². The van der Waals surface area contributed by atoms with Gasteiger partial charge in [-0.1, -0.05) is 6.07 Å². The summed E-state index contributed by atoms with van der Waals surface area (Å²) in [6.07, 6.45) is 0. The van der Waals surface area contributed by atoms with Crippen molar-refractivity contribution in [2.24, 2.45) is 0 Å². The van der Waals surface area contributed by atoms with Crippen LogP contribution in [0.1, 0.15) is 46.1 Å². The topological polar surface area (TPSA) is 234 Å². The summed E-state index contributed by atoms with van der Waals surface area (Å²) >= 11 is 0. The number of aryl methyl sites for hydroxylation is 1. The Labute approximate surface area is 284 Å². The first-order valence-corrected chi connectivity index (χ1v) is 17.1. The maximum atomic E-state index is 13.2. The number of esters is 2. The number of hydrogen-bond acceptors (Lipinski definition) is 15. The minimum Gasteiger partial charge on any atom is -0.493 e. The molecule has 19 heteroatoms. The molecule has 0 aliphatic carbocycles. The summed E-state index contributed by atoms with van der Waals surface area (Å²) in [5, 5.41) is 0.304. The molecule has 0 radical (unpaired) electrons. The van der Waals surface area contributed by atoms with Gasteiger partial charge in [-0.3, -0.25) is 9.11 Å². The molecular weight excluding hydrogens is 708 g/mol. The second kappa shape index (κ2) is 14.2. The average molecular weight is 737 g/mol. The molecule has 0 atom stereocenters. The summed E-state index contributed by atoms with van der Waals surface area (Å²) in [6, 6.07) is 10.4. The summed E-state index contributed by atoms with van der Waals surface area (Å²) in [5.41, 5.74) is 0.155. The molecule has 2 heterocycles. The Morgan fingerprint density at radius 3 is 1.94 bits per heavy atom. The maximum Gasteiger partial charge on any atom is 0.446 e. The number of carbonyl (C=O) groups is 2. The normalized spacial score (nSPS) is 11.7. The average Bonchev–Trinajstić information content (AvgIpc) is 3.53. The highest BCUT2D eigenvalue weighted by molar-refractivity contribution is 7.81. The van der Waals surface area contributed by atoms with Gasteiger partial charge in [0.1, 0.15) is 46.2 Å². The minimum absolute atomic E-state index is 0.0232. The summed E-state index contributed by atoms with van der Waals surface area (Å²) in [7, 11) is -8.63. The minimum atomic E-state index is -4.99. The quantitative estimate of drug-likeness (QED) is 0.104. The Morgan fingerprint density at radius 1 is 0.720 bits per heavy atom. The second-order valence-electron chi connectivity index (χ2n) is 10.1. The molecule has 0 bridgehead atoms. The smallest absolute Gasteiger partial charge is 0.446 e. The van der Waals surface area contributed by atoms with Crippen LogP contribution in [0.25, 0.3) is 21.9 Å². The molecule has 0 unspecified atom stereocenters. The zero-order valence-electron chi connectivity index (χ0n) is 26.6. The zero-order chi connectivity index (χ0) is 36.4. The molecule has 0 amide bonds. The van der Waals surface area contributed by atoms with Crippen LogP contribution in [0.15, 0.2) is 57.4 Å². The van der Waals surface area contributed by atoms with Crippen LogP contribution in [0.4, 0.5) is 0 Å². The van der Waals surface area contributed by atoms with E-state index in [1.807, 2.05) is 0 Å². The van der Waals surface area contributed by atoms with E-state index in [1.54, 1.807) is 20.8 Å². The molecule has 0 aliphatic heterocycles. The Morgan fingerprint density at radius 2 is 1.30 bits per heavy atom. The van der Waals surface area contributed by atoms with Crippen molar-refractivity contribution in [2.45, 2.75) is 27.4 Å². The third-order valence-corrected chi connectivity index (χ3v) is 7.52. The molecule has 0 spiro atoms. The van der Waals surface area contributed by atoms with Gasteiger partial charge in [0, 0.05) is 29.0 Å². The summed E-state index contributed by atoms with van der Waals surface area (Å²) in [4.78, 5) is 26.0. The van der Waals surface area contributed by atoms with E-state index in [1.165, 1.54) is 43.5 Å². The zero-order valence-corrected chi connectivity index (χ0v) is 28.2. The fourth-order valence-corrected chi connectivity index (χ4v) is 5.58. The van der Waals surface area contributed by atoms with Crippen LogP contribution in [0, 0.1) is 6.92 Å². The van der Waals surface area contributed by atoms with Gasteiger partial charge in [-0.05, 0) is 45.0 Å². The lowest BCUT2D eigenvalue weighted by Crippen LogP contribution is -2.09. The Bertz CT molecular complexity index is 2320. The van der Waals surface area contributed by atoms with E-state index in [-0.39, 0.29) is 86.5 Å². The molecule has 0 aliphatic rings. The third-order valence-electron chi connectivity index (χ3n) is 6.73. The first-order valence-electron chi connectivity index (χ1n) is 14.4. The van der Waals surface area contributed by atoms with Gasteiger partial charge < -0.3 is 40.9 Å². The SMILES string of the molecule is CCOC(=O)c1c(C)oc2cc(Oc3cccc(OS(=O)(=O)O)c3)c(OCc3oc4cc(OC)c(OS(=O)(=O)O)cc4c3C(=O)OCC)cc12. The molecule has 2 aromatic heterocycles. The number of ether oxygens (including phenoxy) is 5. The molecule has 2 N–H and O–H groups in total. The fraction of sp³-hybridized carbons (Fsp3) is 0.226. The molecule has 5 aromatic rings. The number of furan rings is 2. The number of rotatable bonds is 14. The van der Waals surface area contributed by atoms with Crippen molar-refractivity contribution in [1.29, 1.82) is 0 Å². The van der Waals surface area contributed by atoms with E-state index >= 15 is 0 Å². The van der Waals surface area contributed by atoms with Crippen LogP contribution in [0.2, 0.25) is 0 Å². The molecule has 0 saturated carbocycles. The van der Waals surface area contributed by atoms with Crippen molar-refractivity contribution in [3.05, 3.63) is 71.2 Å². The van der Waals surface area contributed by atoms with E-state index in [4.69, 9.17) is 37.1 Å². The van der Waals surface area contributed by atoms with Crippen LogP contribution >= 0.6 is 0 Å². The Kier molecular flexibility index (Phi) is 10.1. The molecule has 5 rings (SSSR count). The third kappa shape index (κ3) is 8.03. The van der Waals surface area contributed by atoms with E-state index < -0.39 is 45.1 Å². The number of benzene rings is 3. The predicted molar refractivity (Wildman–Crippen MR) is 171 cm³/mol. The summed E-state index contributed by atoms with van der Waals surface area (Å²) in [6.45, 7) is 4.31. The lowest BCUT2D eigenvalue weighted by Gasteiger charge is -2.13. The van der Waals surface area contributed by atoms with Gasteiger partial charge in [-0.2, -0.15) is 16.8 Å². The van der Waals surface area contributed by atoms with Crippen LogP contribution < -0.4 is 22.6 Å². The molecule has 0 fully saturated rings. The highest BCUT2D eigenvalue weighted by atomic mass is 32.3. The molecule has 50 heavy (non-hydrogen) atoms. The van der Waals surface area contributed by atoms with Crippen molar-refractivity contribution in [3.63, 3.8) is 0 Å². The predicted octanol–water partition coefficient (Wildman–Crippen LogP) is 5.58. The van der Waals surface area contributed by atoms with Crippen molar-refractivity contribution in [2.75, 3.05) is 20.3 Å². The number of methoxy groups -OCH3 is 1. The standard InChI is InChI=1S/C31H28O17S2/c1-5-41-30(32)28-16(3)44-21-14-25(45-17-8-7-9-18(10-17)47-49(34,35)36)24(11-19(21)28)43-15-27-29(31(33)42-6-2)20-12-26(48-50(37,38)39)23(40-4)13-22(20)46-27/h7-14H,5-6,15H2,1-4H3,(H,34,35,36)(H,37,38,39). The van der Waals surface area contributed by atoms with Gasteiger partial charge in [-0.25, -0.2) is 9.59 Å². The van der Waals surface area contributed by atoms with E-state index in [9.17, 15) is 31.0 Å². The van der Waals surface area contributed by atoms with Gasteiger partial charge in [-0.15, -0.1) is 0 Å². The Balaban J connectivity index is 1.62. The highest BCUT2D eigenvalue weighted by Gasteiger charge is 2.27. The Hall–Kier alpha value is -5.50. The van der Waals surface area contributed by atoms with Crippen LogP contribution in [0.3, 0.4) is 0 Å². The van der Waals surface area contributed by atoms with Crippen molar-refractivity contribution in [3.8, 4) is 34.5 Å². The monoisotopic (exact) mass is 736 g/mol. The largest absolute Gasteiger partial charge is 0.493 e. The second-order valence-corrected chi connectivity index (χ2v) is 12.1. The molecule has 3 aromatic carbocycles. The number of hydrogen-bond donors (Lipinski definition) is 2. The van der Waals surface area contributed by atoms with Crippen molar-refractivity contribution >= 4 is 54.7 Å². The van der Waals surface area contributed by atoms with Crippen molar-refractivity contribution in [1.82, 2.24) is 0 Å². The van der Waals surface area contributed by atoms with Gasteiger partial charge in [0.05, 0.1) is 20.3 Å². The number of fused-ring (bicyclic) bond motifs is 2. The first-order chi connectivity index (χ1) is 23.6. The molecule has 0 saturated heterocycles. The fourth-order valence-electron chi connectivity index (χ4n) is 4.88. The molecular formula is C31H28O17S2.